The number of thiophene rings is 1. The van der Waals surface area contributed by atoms with Crippen LogP contribution in [0.3, 0.4) is 0 Å². The molecular weight excluding hydrogens is 384 g/mol. The highest BCUT2D eigenvalue weighted by atomic mass is 32.1. The summed E-state index contributed by atoms with van der Waals surface area (Å²) < 4.78 is 5.97. The van der Waals surface area contributed by atoms with Crippen LogP contribution in [0.5, 0.6) is 0 Å². The summed E-state index contributed by atoms with van der Waals surface area (Å²) in [6.45, 7) is 6.90. The minimum absolute atomic E-state index is 0.149. The van der Waals surface area contributed by atoms with Crippen molar-refractivity contribution in [1.82, 2.24) is 0 Å². The van der Waals surface area contributed by atoms with Crippen LogP contribution in [-0.4, -0.2) is 35.0 Å². The smallest absolute Gasteiger partial charge is 0.348 e. The van der Waals surface area contributed by atoms with E-state index in [-0.39, 0.29) is 17.3 Å². The van der Waals surface area contributed by atoms with Crippen molar-refractivity contribution < 1.29 is 19.7 Å². The molecule has 2 bridgehead atoms. The molecule has 0 radical (unpaired) electrons. The largest absolute Gasteiger partial charge is 0.461 e. The van der Waals surface area contributed by atoms with Gasteiger partial charge in [0, 0.05) is 10.8 Å². The number of esters is 1. The predicted molar refractivity (Wildman–Crippen MR) is 113 cm³/mol. The first-order valence-corrected chi connectivity index (χ1v) is 12.0. The van der Waals surface area contributed by atoms with Crippen LogP contribution < -0.4 is 0 Å². The van der Waals surface area contributed by atoms with E-state index in [2.05, 4.69) is 13.5 Å². The van der Waals surface area contributed by atoms with E-state index in [0.717, 1.165) is 44.1 Å². The van der Waals surface area contributed by atoms with Gasteiger partial charge in [-0.25, -0.2) is 4.79 Å². The Labute approximate surface area is 177 Å². The van der Waals surface area contributed by atoms with E-state index >= 15 is 0 Å². The van der Waals surface area contributed by atoms with E-state index in [9.17, 15) is 15.0 Å². The minimum Gasteiger partial charge on any atom is -0.461 e. The Bertz CT molecular complexity index is 804. The second-order valence-electron chi connectivity index (χ2n) is 10.1. The molecule has 29 heavy (non-hydrogen) atoms. The predicted octanol–water partition coefficient (Wildman–Crippen LogP) is 4.43. The summed E-state index contributed by atoms with van der Waals surface area (Å²) in [4.78, 5) is 13.3. The zero-order chi connectivity index (χ0) is 20.4. The molecule has 8 atom stereocenters. The van der Waals surface area contributed by atoms with Gasteiger partial charge in [0.25, 0.3) is 0 Å². The van der Waals surface area contributed by atoms with Gasteiger partial charge in [-0.2, -0.15) is 0 Å². The van der Waals surface area contributed by atoms with Gasteiger partial charge in [-0.05, 0) is 72.8 Å². The topological polar surface area (TPSA) is 66.8 Å². The molecular formula is C24H32O4S. The van der Waals surface area contributed by atoms with Crippen molar-refractivity contribution in [1.29, 1.82) is 0 Å². The molecule has 0 saturated heterocycles. The number of aliphatic hydroxyl groups is 2. The molecule has 6 rings (SSSR count). The second kappa shape index (κ2) is 6.93. The van der Waals surface area contributed by atoms with Crippen LogP contribution in [0.15, 0.2) is 29.7 Å². The zero-order valence-electron chi connectivity index (χ0n) is 17.2. The molecule has 158 valence electrons. The van der Waals surface area contributed by atoms with E-state index in [1.807, 2.05) is 17.5 Å². The van der Waals surface area contributed by atoms with E-state index in [1.165, 1.54) is 11.3 Å². The summed E-state index contributed by atoms with van der Waals surface area (Å²) in [7, 11) is 0. The second-order valence-corrected chi connectivity index (χ2v) is 11.1. The normalized spacial score (nSPS) is 46.1. The maximum Gasteiger partial charge on any atom is 0.348 e. The van der Waals surface area contributed by atoms with Crippen molar-refractivity contribution in [3.63, 3.8) is 0 Å². The summed E-state index contributed by atoms with van der Waals surface area (Å²) in [5.74, 6) is 1.10. The summed E-state index contributed by atoms with van der Waals surface area (Å²) in [6, 6.07) is 3.69. The maximum absolute atomic E-state index is 12.7. The average molecular weight is 417 g/mol. The van der Waals surface area contributed by atoms with E-state index in [0.29, 0.717) is 35.7 Å². The van der Waals surface area contributed by atoms with Gasteiger partial charge in [0.2, 0.25) is 0 Å². The standard InChI is InChI=1S/C24H32O4S/c1-14-5-3-8-23(13-28-22(27)18-6-4-10-29-18)17(14)12-20(25)24-9-7-16(11-19(23)24)15(2)21(24)26/h4,6,10,14,16-17,19-21,25-26H,2-3,5,7-9,11-13H2,1H3/t14?,16?,17?,19?,20-,21+,23+,24?/m1/s1. The molecule has 0 aromatic carbocycles. The highest BCUT2D eigenvalue weighted by molar-refractivity contribution is 7.11. The van der Waals surface area contributed by atoms with Gasteiger partial charge in [0.15, 0.2) is 0 Å². The molecule has 1 heterocycles. The highest BCUT2D eigenvalue weighted by Crippen LogP contribution is 2.70. The number of fused-ring (bicyclic) bond motifs is 3. The van der Waals surface area contributed by atoms with Gasteiger partial charge in [0.1, 0.15) is 4.88 Å². The van der Waals surface area contributed by atoms with Crippen LogP contribution in [0.25, 0.3) is 0 Å². The number of hydrogen-bond donors (Lipinski definition) is 2. The van der Waals surface area contributed by atoms with Crippen molar-refractivity contribution in [3.05, 3.63) is 34.5 Å². The molecule has 5 aliphatic rings. The molecule has 5 heteroatoms. The average Bonchev–Trinajstić information content (AvgIpc) is 3.26. The molecule has 2 N–H and O–H groups in total. The first-order chi connectivity index (χ1) is 13.9. The monoisotopic (exact) mass is 416 g/mol. The van der Waals surface area contributed by atoms with Gasteiger partial charge in [-0.1, -0.05) is 32.4 Å². The molecule has 0 amide bonds. The number of hydrogen-bond acceptors (Lipinski definition) is 5. The Balaban J connectivity index is 1.52. The molecule has 5 fully saturated rings. The number of rotatable bonds is 3. The third-order valence-corrected chi connectivity index (χ3v) is 10.0. The van der Waals surface area contributed by atoms with Gasteiger partial charge >= 0.3 is 5.97 Å². The Morgan fingerprint density at radius 3 is 2.90 bits per heavy atom. The Hall–Kier alpha value is -1.17. The van der Waals surface area contributed by atoms with Gasteiger partial charge in [-0.15, -0.1) is 11.3 Å². The van der Waals surface area contributed by atoms with Crippen molar-refractivity contribution >= 4 is 17.3 Å². The molecule has 0 aliphatic heterocycles. The summed E-state index contributed by atoms with van der Waals surface area (Å²) in [6.07, 6.45) is 5.68. The fourth-order valence-electron chi connectivity index (χ4n) is 7.82. The first-order valence-electron chi connectivity index (χ1n) is 11.2. The quantitative estimate of drug-likeness (QED) is 0.565. The fraction of sp³-hybridized carbons (Fsp3) is 0.708. The van der Waals surface area contributed by atoms with Crippen LogP contribution >= 0.6 is 11.3 Å². The summed E-state index contributed by atoms with van der Waals surface area (Å²) >= 11 is 1.41. The lowest BCUT2D eigenvalue weighted by Gasteiger charge is -2.69. The summed E-state index contributed by atoms with van der Waals surface area (Å²) in [5, 5.41) is 24.5. The SMILES string of the molecule is C=C1C2CCC3(C(C2)[C@]2(COC(=O)c4cccs4)CCCC(C)C2C[C@H]3O)[C@H]1O. The number of carbonyl (C=O) groups is 1. The Morgan fingerprint density at radius 1 is 1.31 bits per heavy atom. The molecule has 5 aliphatic carbocycles. The number of carbonyl (C=O) groups excluding carboxylic acids is 1. The van der Waals surface area contributed by atoms with Crippen molar-refractivity contribution in [3.8, 4) is 0 Å². The first kappa shape index (κ1) is 19.8. The van der Waals surface area contributed by atoms with E-state index < -0.39 is 17.6 Å². The number of ether oxygens (including phenoxy) is 1. The third-order valence-electron chi connectivity index (χ3n) is 9.19. The lowest BCUT2D eigenvalue weighted by Crippen LogP contribution is -2.69. The van der Waals surface area contributed by atoms with Crippen LogP contribution in [0.1, 0.15) is 61.5 Å². The van der Waals surface area contributed by atoms with Crippen LogP contribution in [0, 0.1) is 34.5 Å². The molecule has 5 saturated carbocycles. The number of aliphatic hydroxyl groups excluding tert-OH is 2. The van der Waals surface area contributed by atoms with Crippen molar-refractivity contribution in [2.75, 3.05) is 6.61 Å². The molecule has 5 unspecified atom stereocenters. The van der Waals surface area contributed by atoms with Gasteiger partial charge in [-0.3, -0.25) is 0 Å². The molecule has 1 aromatic heterocycles. The van der Waals surface area contributed by atoms with Crippen molar-refractivity contribution in [2.24, 2.45) is 34.5 Å². The van der Waals surface area contributed by atoms with Crippen LogP contribution in [0.4, 0.5) is 0 Å². The maximum atomic E-state index is 12.7. The summed E-state index contributed by atoms with van der Waals surface area (Å²) in [5.41, 5.74) is 0.249. The lowest BCUT2D eigenvalue weighted by molar-refractivity contribution is -0.252. The van der Waals surface area contributed by atoms with Crippen LogP contribution in [-0.2, 0) is 4.74 Å². The molecule has 1 spiro atoms. The Morgan fingerprint density at radius 2 is 2.14 bits per heavy atom. The minimum atomic E-state index is -0.641. The van der Waals surface area contributed by atoms with E-state index in [4.69, 9.17) is 4.74 Å². The Kier molecular flexibility index (Phi) is 4.72. The van der Waals surface area contributed by atoms with E-state index in [1.54, 1.807) is 0 Å². The van der Waals surface area contributed by atoms with Crippen LogP contribution in [0.2, 0.25) is 0 Å². The van der Waals surface area contributed by atoms with Gasteiger partial charge in [0.05, 0.1) is 18.8 Å². The fourth-order valence-corrected chi connectivity index (χ4v) is 8.43. The molecule has 4 nitrogen and oxygen atoms in total. The van der Waals surface area contributed by atoms with Gasteiger partial charge < -0.3 is 14.9 Å². The highest BCUT2D eigenvalue weighted by Gasteiger charge is 2.69. The van der Waals surface area contributed by atoms with Crippen molar-refractivity contribution in [2.45, 2.75) is 64.1 Å². The zero-order valence-corrected chi connectivity index (χ0v) is 18.0. The lowest BCUT2D eigenvalue weighted by atomic mass is 9.37. The third kappa shape index (κ3) is 2.66. The molecule has 1 aromatic rings.